The van der Waals surface area contributed by atoms with Crippen LogP contribution in [0.4, 0.5) is 5.69 Å². The van der Waals surface area contributed by atoms with Crippen molar-refractivity contribution in [1.29, 1.82) is 0 Å². The van der Waals surface area contributed by atoms with Crippen molar-refractivity contribution in [3.63, 3.8) is 0 Å². The van der Waals surface area contributed by atoms with Crippen LogP contribution in [0.15, 0.2) is 45.7 Å². The van der Waals surface area contributed by atoms with Gasteiger partial charge < -0.3 is 14.8 Å². The summed E-state index contributed by atoms with van der Waals surface area (Å²) in [6, 6.07) is 7.32. The smallest absolute Gasteiger partial charge is 0.353 e. The first kappa shape index (κ1) is 15.3. The van der Waals surface area contributed by atoms with Crippen molar-refractivity contribution in [3.8, 4) is 5.75 Å². The molecule has 2 aromatic heterocycles. The maximum absolute atomic E-state index is 12.2. The third kappa shape index (κ3) is 2.99. The number of fused-ring (bicyclic) bond motifs is 1. The molecule has 0 radical (unpaired) electrons. The Hall–Kier alpha value is -2.57. The molecule has 23 heavy (non-hydrogen) atoms. The zero-order valence-corrected chi connectivity index (χ0v) is 12.9. The van der Waals surface area contributed by atoms with E-state index in [4.69, 9.17) is 27.6 Å². The molecule has 1 amide bonds. The molecular formula is C15H8Cl2N2O4. The molecule has 0 fully saturated rings. The zero-order valence-electron chi connectivity index (χ0n) is 11.3. The standard InChI is InChI=1S/C15H8Cl2N2O4/c16-7-1-3-9-10(5-7)23-15(22)12(13(9)20)14(21)19-8-2-4-11(17)18-6-8/h1-6,20H,(H,19,21). The predicted molar refractivity (Wildman–Crippen MR) is 86.4 cm³/mol. The number of rotatable bonds is 2. The average Bonchev–Trinajstić information content (AvgIpc) is 2.49. The quantitative estimate of drug-likeness (QED) is 0.545. The van der Waals surface area contributed by atoms with Gasteiger partial charge in [-0.05, 0) is 24.3 Å². The van der Waals surface area contributed by atoms with E-state index in [1.165, 1.54) is 36.5 Å². The Labute approximate surface area is 139 Å². The highest BCUT2D eigenvalue weighted by atomic mass is 35.5. The molecule has 0 aliphatic rings. The maximum atomic E-state index is 12.2. The van der Waals surface area contributed by atoms with E-state index in [1.807, 2.05) is 0 Å². The Morgan fingerprint density at radius 3 is 2.70 bits per heavy atom. The van der Waals surface area contributed by atoms with Crippen LogP contribution in [0.5, 0.6) is 5.75 Å². The molecule has 2 heterocycles. The molecule has 116 valence electrons. The normalized spacial score (nSPS) is 10.7. The monoisotopic (exact) mass is 350 g/mol. The number of hydrogen-bond acceptors (Lipinski definition) is 5. The van der Waals surface area contributed by atoms with Crippen LogP contribution in [0.3, 0.4) is 0 Å². The molecule has 1 aromatic carbocycles. The van der Waals surface area contributed by atoms with Crippen LogP contribution < -0.4 is 10.9 Å². The van der Waals surface area contributed by atoms with E-state index in [9.17, 15) is 14.7 Å². The summed E-state index contributed by atoms with van der Waals surface area (Å²) in [7, 11) is 0. The summed E-state index contributed by atoms with van der Waals surface area (Å²) < 4.78 is 5.03. The molecule has 2 N–H and O–H groups in total. The fraction of sp³-hybridized carbons (Fsp3) is 0. The number of benzene rings is 1. The highest BCUT2D eigenvalue weighted by molar-refractivity contribution is 6.31. The fourth-order valence-electron chi connectivity index (χ4n) is 2.00. The molecule has 3 aromatic rings. The second-order valence-electron chi connectivity index (χ2n) is 4.58. The third-order valence-corrected chi connectivity index (χ3v) is 3.51. The molecule has 0 atom stereocenters. The Balaban J connectivity index is 2.05. The zero-order chi connectivity index (χ0) is 16.6. The molecule has 8 heteroatoms. The largest absolute Gasteiger partial charge is 0.506 e. The van der Waals surface area contributed by atoms with Gasteiger partial charge in [0.1, 0.15) is 16.5 Å². The fourth-order valence-corrected chi connectivity index (χ4v) is 2.28. The van der Waals surface area contributed by atoms with Crippen molar-refractivity contribution in [2.45, 2.75) is 0 Å². The van der Waals surface area contributed by atoms with Gasteiger partial charge in [0.25, 0.3) is 5.91 Å². The molecule has 0 aliphatic carbocycles. The summed E-state index contributed by atoms with van der Waals surface area (Å²) in [5.74, 6) is -1.30. The van der Waals surface area contributed by atoms with Gasteiger partial charge in [-0.3, -0.25) is 4.79 Å². The summed E-state index contributed by atoms with van der Waals surface area (Å²) in [5.41, 5.74) is -1.08. The Bertz CT molecular complexity index is 968. The SMILES string of the molecule is O=C(Nc1ccc(Cl)nc1)c1c(O)c2ccc(Cl)cc2oc1=O. The van der Waals surface area contributed by atoms with Gasteiger partial charge in [0, 0.05) is 11.1 Å². The molecule has 0 aliphatic heterocycles. The van der Waals surface area contributed by atoms with Crippen molar-refractivity contribution >= 4 is 45.8 Å². The van der Waals surface area contributed by atoms with Crippen LogP contribution in [0.2, 0.25) is 10.2 Å². The molecule has 6 nitrogen and oxygen atoms in total. The van der Waals surface area contributed by atoms with Gasteiger partial charge in [0.05, 0.1) is 17.3 Å². The summed E-state index contributed by atoms with van der Waals surface area (Å²) >= 11 is 11.5. The summed E-state index contributed by atoms with van der Waals surface area (Å²) in [6.45, 7) is 0. The van der Waals surface area contributed by atoms with E-state index in [0.29, 0.717) is 10.7 Å². The number of nitrogens with zero attached hydrogens (tertiary/aromatic N) is 1. The van der Waals surface area contributed by atoms with Crippen LogP contribution in [0, 0.1) is 0 Å². The van der Waals surface area contributed by atoms with E-state index in [-0.39, 0.29) is 16.1 Å². The molecule has 0 bridgehead atoms. The topological polar surface area (TPSA) is 92.4 Å². The third-order valence-electron chi connectivity index (χ3n) is 3.05. The molecule has 0 saturated carbocycles. The first-order chi connectivity index (χ1) is 11.0. The summed E-state index contributed by atoms with van der Waals surface area (Å²) in [4.78, 5) is 28.0. The van der Waals surface area contributed by atoms with Gasteiger partial charge in [0.15, 0.2) is 5.56 Å². The maximum Gasteiger partial charge on any atom is 0.353 e. The van der Waals surface area contributed by atoms with Gasteiger partial charge in [-0.15, -0.1) is 0 Å². The number of pyridine rings is 1. The van der Waals surface area contributed by atoms with E-state index in [1.54, 1.807) is 0 Å². The first-order valence-corrected chi connectivity index (χ1v) is 7.09. The lowest BCUT2D eigenvalue weighted by Crippen LogP contribution is -2.21. The van der Waals surface area contributed by atoms with Crippen molar-refractivity contribution in [3.05, 3.63) is 62.7 Å². The summed E-state index contributed by atoms with van der Waals surface area (Å²) in [5, 5.41) is 13.4. The minimum atomic E-state index is -0.975. The second kappa shape index (κ2) is 5.91. The number of aromatic nitrogens is 1. The number of hydrogen-bond donors (Lipinski definition) is 2. The second-order valence-corrected chi connectivity index (χ2v) is 5.40. The number of aromatic hydroxyl groups is 1. The van der Waals surface area contributed by atoms with Gasteiger partial charge in [-0.2, -0.15) is 0 Å². The van der Waals surface area contributed by atoms with E-state index >= 15 is 0 Å². The molecule has 3 rings (SSSR count). The van der Waals surface area contributed by atoms with E-state index < -0.39 is 22.8 Å². The first-order valence-electron chi connectivity index (χ1n) is 6.34. The van der Waals surface area contributed by atoms with Gasteiger partial charge >= 0.3 is 5.63 Å². The van der Waals surface area contributed by atoms with Crippen LogP contribution in [-0.2, 0) is 0 Å². The van der Waals surface area contributed by atoms with Gasteiger partial charge in [-0.25, -0.2) is 9.78 Å². The number of carbonyl (C=O) groups excluding carboxylic acids is 1. The highest BCUT2D eigenvalue weighted by Gasteiger charge is 2.21. The minimum absolute atomic E-state index is 0.0877. The number of carbonyl (C=O) groups is 1. The molecule has 0 spiro atoms. The van der Waals surface area contributed by atoms with Crippen molar-refractivity contribution < 1.29 is 14.3 Å². The molecule has 0 saturated heterocycles. The van der Waals surface area contributed by atoms with Crippen molar-refractivity contribution in [2.24, 2.45) is 0 Å². The number of halogens is 2. The number of amides is 1. The van der Waals surface area contributed by atoms with Crippen LogP contribution in [0.1, 0.15) is 10.4 Å². The Morgan fingerprint density at radius 1 is 1.22 bits per heavy atom. The van der Waals surface area contributed by atoms with E-state index in [2.05, 4.69) is 10.3 Å². The van der Waals surface area contributed by atoms with Crippen molar-refractivity contribution in [1.82, 2.24) is 4.98 Å². The van der Waals surface area contributed by atoms with Crippen LogP contribution in [-0.4, -0.2) is 16.0 Å². The molecule has 0 unspecified atom stereocenters. The Morgan fingerprint density at radius 2 is 2.00 bits per heavy atom. The predicted octanol–water partition coefficient (Wildman–Crippen LogP) is 3.45. The molecular weight excluding hydrogens is 343 g/mol. The number of anilines is 1. The van der Waals surface area contributed by atoms with Gasteiger partial charge in [-0.1, -0.05) is 23.2 Å². The van der Waals surface area contributed by atoms with Gasteiger partial charge in [0.2, 0.25) is 0 Å². The Kier molecular flexibility index (Phi) is 3.94. The highest BCUT2D eigenvalue weighted by Crippen LogP contribution is 2.28. The van der Waals surface area contributed by atoms with Crippen LogP contribution in [0.25, 0.3) is 11.0 Å². The van der Waals surface area contributed by atoms with E-state index in [0.717, 1.165) is 0 Å². The van der Waals surface area contributed by atoms with Crippen molar-refractivity contribution in [2.75, 3.05) is 5.32 Å². The van der Waals surface area contributed by atoms with Crippen LogP contribution >= 0.6 is 23.2 Å². The average molecular weight is 351 g/mol. The lowest BCUT2D eigenvalue weighted by Gasteiger charge is -2.07. The summed E-state index contributed by atoms with van der Waals surface area (Å²) in [6.07, 6.45) is 1.32. The minimum Gasteiger partial charge on any atom is -0.506 e. The number of nitrogens with one attached hydrogen (secondary N) is 1. The lowest BCUT2D eigenvalue weighted by molar-refractivity contribution is 0.102. The lowest BCUT2D eigenvalue weighted by atomic mass is 10.1.